The fourth-order valence-corrected chi connectivity index (χ4v) is 4.86. The number of benzene rings is 1. The molecule has 5 rings (SSSR count). The van der Waals surface area contributed by atoms with Crippen LogP contribution in [0.15, 0.2) is 18.2 Å². The van der Waals surface area contributed by atoms with Gasteiger partial charge in [-0.25, -0.2) is 9.18 Å². The normalized spacial score (nSPS) is 20.7. The number of hydrogen-bond donors (Lipinski definition) is 1. The van der Waals surface area contributed by atoms with E-state index in [0.29, 0.717) is 56.6 Å². The van der Waals surface area contributed by atoms with Crippen LogP contribution in [0.4, 0.5) is 26.5 Å². The minimum Gasteiger partial charge on any atom is -0.442 e. The van der Waals surface area contributed by atoms with Gasteiger partial charge in [0.1, 0.15) is 11.9 Å². The maximum atomic E-state index is 15.1. The van der Waals surface area contributed by atoms with Crippen LogP contribution in [0.5, 0.6) is 0 Å². The highest BCUT2D eigenvalue weighted by molar-refractivity contribution is 5.90. The zero-order chi connectivity index (χ0) is 25.9. The molecule has 0 saturated carbocycles. The van der Waals surface area contributed by atoms with Crippen LogP contribution in [0.1, 0.15) is 25.8 Å². The van der Waals surface area contributed by atoms with Crippen molar-refractivity contribution >= 4 is 29.3 Å². The highest BCUT2D eigenvalue weighted by atomic mass is 19.1. The molecule has 0 aliphatic carbocycles. The summed E-state index contributed by atoms with van der Waals surface area (Å²) in [5.41, 5.74) is 0.897. The smallest absolute Gasteiger partial charge is 0.414 e. The van der Waals surface area contributed by atoms with Gasteiger partial charge in [-0.2, -0.15) is 10.1 Å². The fourth-order valence-electron chi connectivity index (χ4n) is 4.86. The summed E-state index contributed by atoms with van der Waals surface area (Å²) in [6.07, 6.45) is 2.60. The largest absolute Gasteiger partial charge is 0.442 e. The van der Waals surface area contributed by atoms with E-state index in [1.807, 2.05) is 9.80 Å². The molecule has 14 heteroatoms. The predicted octanol–water partition coefficient (Wildman–Crippen LogP) is 0.718. The maximum absolute atomic E-state index is 15.1. The summed E-state index contributed by atoms with van der Waals surface area (Å²) in [5.74, 6) is -0.0445. The third kappa shape index (κ3) is 5.35. The molecule has 37 heavy (non-hydrogen) atoms. The van der Waals surface area contributed by atoms with Crippen LogP contribution < -0.4 is 20.0 Å². The van der Waals surface area contributed by atoms with E-state index in [4.69, 9.17) is 10.00 Å². The van der Waals surface area contributed by atoms with Gasteiger partial charge in [-0.05, 0) is 36.3 Å². The van der Waals surface area contributed by atoms with Crippen molar-refractivity contribution in [2.24, 2.45) is 0 Å². The standard InChI is InChI=1S/C23H29FN10O3/c1-16(35)26-13-19-14-33(23(36)37-19)18-2-3-21(20(24)12-18)31-6-4-17(5-7-31)34-28-22(27-29-34)32-10-8-30(15-25)9-11-32/h2-3,12,17,19H,4-11,13-14H2,1H3,(H,26,35)/t19-/m0/s1. The molecule has 1 aromatic heterocycles. The SMILES string of the molecule is CC(=O)NC[C@H]1CN(c2ccc(N3CCC(n4nnc(N5CCN(C#N)CC5)n4)CC3)c(F)c2)C(=O)O1. The number of aromatic nitrogens is 4. The van der Waals surface area contributed by atoms with Crippen molar-refractivity contribution in [3.8, 4) is 6.19 Å². The summed E-state index contributed by atoms with van der Waals surface area (Å²) in [6, 6.07) is 4.82. The van der Waals surface area contributed by atoms with E-state index in [1.54, 1.807) is 21.8 Å². The van der Waals surface area contributed by atoms with Gasteiger partial charge in [-0.15, -0.1) is 5.10 Å². The van der Waals surface area contributed by atoms with Crippen molar-refractivity contribution in [2.45, 2.75) is 31.9 Å². The number of carbonyl (C=O) groups excluding carboxylic acids is 2. The van der Waals surface area contributed by atoms with Crippen LogP contribution in [-0.2, 0) is 9.53 Å². The lowest BCUT2D eigenvalue weighted by Gasteiger charge is -2.33. The van der Waals surface area contributed by atoms with E-state index < -0.39 is 18.0 Å². The number of amides is 2. The van der Waals surface area contributed by atoms with Crippen molar-refractivity contribution in [1.29, 1.82) is 5.26 Å². The molecule has 2 aromatic rings. The lowest BCUT2D eigenvalue weighted by atomic mass is 10.0. The van der Waals surface area contributed by atoms with Crippen LogP contribution in [-0.4, -0.2) is 95.6 Å². The Morgan fingerprint density at radius 1 is 1.19 bits per heavy atom. The average Bonchev–Trinajstić information content (AvgIpc) is 3.55. The molecule has 0 spiro atoms. The van der Waals surface area contributed by atoms with Crippen molar-refractivity contribution < 1.29 is 18.7 Å². The minimum absolute atomic E-state index is 0.0696. The predicted molar refractivity (Wildman–Crippen MR) is 130 cm³/mol. The summed E-state index contributed by atoms with van der Waals surface area (Å²) in [4.78, 5) is 32.1. The van der Waals surface area contributed by atoms with Gasteiger partial charge >= 0.3 is 6.09 Å². The summed E-state index contributed by atoms with van der Waals surface area (Å²) in [5, 5.41) is 24.7. The molecule has 3 saturated heterocycles. The molecule has 3 aliphatic rings. The van der Waals surface area contributed by atoms with Crippen molar-refractivity contribution in [3.63, 3.8) is 0 Å². The molecule has 196 valence electrons. The number of ether oxygens (including phenoxy) is 1. The first-order valence-corrected chi connectivity index (χ1v) is 12.4. The first-order valence-electron chi connectivity index (χ1n) is 12.4. The van der Waals surface area contributed by atoms with Gasteiger partial charge in [0.25, 0.3) is 5.95 Å². The topological polar surface area (TPSA) is 136 Å². The first kappa shape index (κ1) is 24.5. The number of nitrogens with one attached hydrogen (secondary N) is 1. The summed E-state index contributed by atoms with van der Waals surface area (Å²) >= 11 is 0. The molecule has 0 bridgehead atoms. The number of piperazine rings is 1. The van der Waals surface area contributed by atoms with Crippen molar-refractivity contribution in [1.82, 2.24) is 30.4 Å². The Bertz CT molecular complexity index is 1180. The van der Waals surface area contributed by atoms with Crippen LogP contribution >= 0.6 is 0 Å². The molecule has 1 N–H and O–H groups in total. The van der Waals surface area contributed by atoms with Crippen LogP contribution in [0.2, 0.25) is 0 Å². The quantitative estimate of drug-likeness (QED) is 0.552. The summed E-state index contributed by atoms with van der Waals surface area (Å²) in [6.45, 7) is 5.75. The second kappa shape index (κ2) is 10.5. The molecule has 1 atom stereocenters. The van der Waals surface area contributed by atoms with Gasteiger partial charge < -0.3 is 24.8 Å². The third-order valence-electron chi connectivity index (χ3n) is 6.95. The number of hydrogen-bond acceptors (Lipinski definition) is 10. The molecule has 13 nitrogen and oxygen atoms in total. The monoisotopic (exact) mass is 512 g/mol. The van der Waals surface area contributed by atoms with E-state index in [9.17, 15) is 9.59 Å². The highest BCUT2D eigenvalue weighted by Crippen LogP contribution is 2.31. The number of cyclic esters (lactones) is 1. The number of piperidine rings is 1. The molecule has 2 amide bonds. The molecular formula is C23H29FN10O3. The minimum atomic E-state index is -0.560. The Labute approximate surface area is 213 Å². The number of rotatable bonds is 6. The second-order valence-electron chi connectivity index (χ2n) is 9.39. The van der Waals surface area contributed by atoms with Gasteiger partial charge in [0, 0.05) is 46.2 Å². The van der Waals surface area contributed by atoms with Crippen LogP contribution in [0.25, 0.3) is 0 Å². The van der Waals surface area contributed by atoms with E-state index in [2.05, 4.69) is 26.9 Å². The Morgan fingerprint density at radius 2 is 1.95 bits per heavy atom. The van der Waals surface area contributed by atoms with Gasteiger partial charge in [0.2, 0.25) is 5.91 Å². The molecule has 4 heterocycles. The Balaban J connectivity index is 1.16. The van der Waals surface area contributed by atoms with E-state index in [0.717, 1.165) is 12.8 Å². The van der Waals surface area contributed by atoms with Gasteiger partial charge in [-0.3, -0.25) is 9.69 Å². The average molecular weight is 513 g/mol. The van der Waals surface area contributed by atoms with Gasteiger partial charge in [-0.1, -0.05) is 5.10 Å². The zero-order valence-electron chi connectivity index (χ0n) is 20.6. The number of nitrogens with zero attached hydrogens (tertiary/aromatic N) is 9. The molecule has 1 aromatic carbocycles. The number of halogens is 1. The second-order valence-corrected chi connectivity index (χ2v) is 9.39. The molecule has 3 fully saturated rings. The molecule has 0 radical (unpaired) electrons. The van der Waals surface area contributed by atoms with Crippen LogP contribution in [0, 0.1) is 17.3 Å². The lowest BCUT2D eigenvalue weighted by Crippen LogP contribution is -2.44. The number of nitriles is 1. The lowest BCUT2D eigenvalue weighted by molar-refractivity contribution is -0.119. The molecule has 0 unspecified atom stereocenters. The maximum Gasteiger partial charge on any atom is 0.414 e. The van der Waals surface area contributed by atoms with Crippen LogP contribution in [0.3, 0.4) is 0 Å². The fraction of sp³-hybridized carbons (Fsp3) is 0.565. The number of anilines is 3. The number of tetrazole rings is 1. The Kier molecular flexibility index (Phi) is 6.93. The van der Waals surface area contributed by atoms with E-state index >= 15 is 4.39 Å². The zero-order valence-corrected chi connectivity index (χ0v) is 20.6. The van der Waals surface area contributed by atoms with Crippen molar-refractivity contribution in [3.05, 3.63) is 24.0 Å². The summed E-state index contributed by atoms with van der Waals surface area (Å²) < 4.78 is 20.4. The Morgan fingerprint density at radius 3 is 2.62 bits per heavy atom. The van der Waals surface area contributed by atoms with Crippen molar-refractivity contribution in [2.75, 3.05) is 67.1 Å². The van der Waals surface area contributed by atoms with Gasteiger partial charge in [0.15, 0.2) is 6.19 Å². The van der Waals surface area contributed by atoms with E-state index in [1.165, 1.54) is 17.9 Å². The first-order chi connectivity index (χ1) is 17.9. The third-order valence-corrected chi connectivity index (χ3v) is 6.95. The van der Waals surface area contributed by atoms with Gasteiger partial charge in [0.05, 0.1) is 30.5 Å². The highest BCUT2D eigenvalue weighted by Gasteiger charge is 2.33. The summed E-state index contributed by atoms with van der Waals surface area (Å²) in [7, 11) is 0. The van der Waals surface area contributed by atoms with E-state index in [-0.39, 0.29) is 25.0 Å². The Hall–Kier alpha value is -4.15. The molecule has 3 aliphatic heterocycles. The number of carbonyl (C=O) groups is 2. The molecular weight excluding hydrogens is 483 g/mol.